The SMILES string of the molecule is CNC1CCC(N2CCCC2C(N)=O)CC1. The molecular weight excluding hydrogens is 202 g/mol. The van der Waals surface area contributed by atoms with Gasteiger partial charge in [-0.1, -0.05) is 0 Å². The van der Waals surface area contributed by atoms with Crippen molar-refractivity contribution < 1.29 is 4.79 Å². The van der Waals surface area contributed by atoms with E-state index >= 15 is 0 Å². The average molecular weight is 225 g/mol. The molecule has 0 spiro atoms. The van der Waals surface area contributed by atoms with Crippen LogP contribution in [-0.2, 0) is 4.79 Å². The van der Waals surface area contributed by atoms with Crippen LogP contribution in [0.2, 0.25) is 0 Å². The van der Waals surface area contributed by atoms with Gasteiger partial charge in [-0.2, -0.15) is 0 Å². The largest absolute Gasteiger partial charge is 0.368 e. The van der Waals surface area contributed by atoms with Crippen molar-refractivity contribution in [2.75, 3.05) is 13.6 Å². The molecule has 2 fully saturated rings. The van der Waals surface area contributed by atoms with Crippen molar-refractivity contribution in [3.05, 3.63) is 0 Å². The van der Waals surface area contributed by atoms with Crippen molar-refractivity contribution >= 4 is 5.91 Å². The van der Waals surface area contributed by atoms with Crippen LogP contribution in [-0.4, -0.2) is 42.5 Å². The second kappa shape index (κ2) is 5.15. The molecule has 0 aromatic rings. The monoisotopic (exact) mass is 225 g/mol. The zero-order valence-electron chi connectivity index (χ0n) is 10.1. The molecule has 4 heteroatoms. The summed E-state index contributed by atoms with van der Waals surface area (Å²) in [5.41, 5.74) is 5.46. The molecule has 2 aliphatic rings. The second-order valence-corrected chi connectivity index (χ2v) is 5.09. The number of carbonyl (C=O) groups excluding carboxylic acids is 1. The molecule has 0 radical (unpaired) electrons. The first kappa shape index (κ1) is 11.9. The number of amides is 1. The molecule has 16 heavy (non-hydrogen) atoms. The van der Waals surface area contributed by atoms with Crippen LogP contribution in [0.25, 0.3) is 0 Å². The van der Waals surface area contributed by atoms with E-state index in [-0.39, 0.29) is 11.9 Å². The van der Waals surface area contributed by atoms with Crippen LogP contribution >= 0.6 is 0 Å². The lowest BCUT2D eigenvalue weighted by atomic mass is 9.90. The number of nitrogens with zero attached hydrogens (tertiary/aromatic N) is 1. The molecule has 1 amide bonds. The van der Waals surface area contributed by atoms with Crippen LogP contribution in [0, 0.1) is 0 Å². The highest BCUT2D eigenvalue weighted by molar-refractivity contribution is 5.80. The molecule has 1 saturated carbocycles. The number of nitrogens with one attached hydrogen (secondary N) is 1. The van der Waals surface area contributed by atoms with Crippen molar-refractivity contribution in [2.45, 2.75) is 56.7 Å². The fraction of sp³-hybridized carbons (Fsp3) is 0.917. The Hall–Kier alpha value is -0.610. The lowest BCUT2D eigenvalue weighted by Gasteiger charge is -2.36. The van der Waals surface area contributed by atoms with E-state index in [1.165, 1.54) is 25.7 Å². The second-order valence-electron chi connectivity index (χ2n) is 5.09. The highest BCUT2D eigenvalue weighted by atomic mass is 16.1. The molecule has 1 aliphatic carbocycles. The summed E-state index contributed by atoms with van der Waals surface area (Å²) in [6, 6.07) is 1.27. The van der Waals surface area contributed by atoms with Gasteiger partial charge in [0, 0.05) is 12.1 Å². The fourth-order valence-electron chi connectivity index (χ4n) is 3.23. The van der Waals surface area contributed by atoms with Gasteiger partial charge in [0.05, 0.1) is 6.04 Å². The van der Waals surface area contributed by atoms with Crippen LogP contribution in [0.4, 0.5) is 0 Å². The first-order valence-electron chi connectivity index (χ1n) is 6.44. The van der Waals surface area contributed by atoms with Crippen molar-refractivity contribution in [1.29, 1.82) is 0 Å². The van der Waals surface area contributed by atoms with Crippen LogP contribution in [0.15, 0.2) is 0 Å². The van der Waals surface area contributed by atoms with E-state index in [2.05, 4.69) is 10.2 Å². The Labute approximate surface area is 97.6 Å². The van der Waals surface area contributed by atoms with E-state index in [9.17, 15) is 4.79 Å². The van der Waals surface area contributed by atoms with Crippen LogP contribution in [0.3, 0.4) is 0 Å². The number of primary amides is 1. The maximum Gasteiger partial charge on any atom is 0.234 e. The number of hydrogen-bond donors (Lipinski definition) is 2. The van der Waals surface area contributed by atoms with Crippen LogP contribution in [0.5, 0.6) is 0 Å². The summed E-state index contributed by atoms with van der Waals surface area (Å²) < 4.78 is 0. The molecule has 3 N–H and O–H groups in total. The predicted molar refractivity (Wildman–Crippen MR) is 64.0 cm³/mol. The maximum atomic E-state index is 11.3. The molecule has 4 nitrogen and oxygen atoms in total. The molecule has 1 aliphatic heterocycles. The minimum atomic E-state index is -0.131. The van der Waals surface area contributed by atoms with Gasteiger partial charge in [-0.3, -0.25) is 9.69 Å². The lowest BCUT2D eigenvalue weighted by molar-refractivity contribution is -0.123. The van der Waals surface area contributed by atoms with Gasteiger partial charge in [0.25, 0.3) is 0 Å². The van der Waals surface area contributed by atoms with E-state index in [1.54, 1.807) is 0 Å². The van der Waals surface area contributed by atoms with Gasteiger partial charge in [-0.25, -0.2) is 0 Å². The van der Waals surface area contributed by atoms with Crippen molar-refractivity contribution in [2.24, 2.45) is 5.73 Å². The minimum Gasteiger partial charge on any atom is -0.368 e. The number of rotatable bonds is 3. The summed E-state index contributed by atoms with van der Waals surface area (Å²) in [6.45, 7) is 1.06. The Balaban J connectivity index is 1.90. The predicted octanol–water partition coefficient (Wildman–Crippen LogP) is 0.467. The van der Waals surface area contributed by atoms with Gasteiger partial charge in [0.15, 0.2) is 0 Å². The standard InChI is InChI=1S/C12H23N3O/c1-14-9-4-6-10(7-5-9)15-8-2-3-11(15)12(13)16/h9-11,14H,2-8H2,1H3,(H2,13,16). The molecule has 1 heterocycles. The molecular formula is C12H23N3O. The highest BCUT2D eigenvalue weighted by Crippen LogP contribution is 2.29. The normalized spacial score (nSPS) is 36.4. The third-order valence-electron chi connectivity index (χ3n) is 4.20. The number of nitrogens with two attached hydrogens (primary N) is 1. The van der Waals surface area contributed by atoms with Crippen molar-refractivity contribution in [3.8, 4) is 0 Å². The Morgan fingerprint density at radius 3 is 2.50 bits per heavy atom. The number of hydrogen-bond acceptors (Lipinski definition) is 3. The van der Waals surface area contributed by atoms with Gasteiger partial charge in [0.2, 0.25) is 5.91 Å². The van der Waals surface area contributed by atoms with Gasteiger partial charge < -0.3 is 11.1 Å². The van der Waals surface area contributed by atoms with E-state index in [4.69, 9.17) is 5.73 Å². The molecule has 1 saturated heterocycles. The minimum absolute atomic E-state index is 0.0103. The summed E-state index contributed by atoms with van der Waals surface area (Å²) in [7, 11) is 2.03. The smallest absolute Gasteiger partial charge is 0.234 e. The summed E-state index contributed by atoms with van der Waals surface area (Å²) in [5.74, 6) is -0.131. The molecule has 0 aromatic carbocycles. The Kier molecular flexibility index (Phi) is 3.82. The fourth-order valence-corrected chi connectivity index (χ4v) is 3.23. The van der Waals surface area contributed by atoms with Crippen molar-refractivity contribution in [3.63, 3.8) is 0 Å². The van der Waals surface area contributed by atoms with Gasteiger partial charge in [0.1, 0.15) is 0 Å². The lowest BCUT2D eigenvalue weighted by Crippen LogP contribution is -2.48. The molecule has 92 valence electrons. The molecule has 1 atom stereocenters. The van der Waals surface area contributed by atoms with Crippen LogP contribution in [0.1, 0.15) is 38.5 Å². The summed E-state index contributed by atoms with van der Waals surface area (Å²) >= 11 is 0. The molecule has 1 unspecified atom stereocenters. The zero-order valence-corrected chi connectivity index (χ0v) is 10.1. The number of carbonyl (C=O) groups is 1. The Morgan fingerprint density at radius 2 is 1.94 bits per heavy atom. The summed E-state index contributed by atoms with van der Waals surface area (Å²) in [6.07, 6.45) is 6.94. The van der Waals surface area contributed by atoms with E-state index in [1.807, 2.05) is 7.05 Å². The maximum absolute atomic E-state index is 11.3. The van der Waals surface area contributed by atoms with E-state index < -0.39 is 0 Å². The summed E-state index contributed by atoms with van der Waals surface area (Å²) in [5, 5.41) is 3.34. The Morgan fingerprint density at radius 1 is 1.25 bits per heavy atom. The molecule has 0 bridgehead atoms. The third kappa shape index (κ3) is 2.38. The van der Waals surface area contributed by atoms with Crippen LogP contribution < -0.4 is 11.1 Å². The quantitative estimate of drug-likeness (QED) is 0.734. The number of likely N-dealkylation sites (tertiary alicyclic amines) is 1. The zero-order chi connectivity index (χ0) is 11.5. The Bertz CT molecular complexity index is 249. The first-order chi connectivity index (χ1) is 7.72. The third-order valence-corrected chi connectivity index (χ3v) is 4.20. The van der Waals surface area contributed by atoms with Gasteiger partial charge in [-0.05, 0) is 52.1 Å². The van der Waals surface area contributed by atoms with E-state index in [0.29, 0.717) is 12.1 Å². The summed E-state index contributed by atoms with van der Waals surface area (Å²) in [4.78, 5) is 13.7. The first-order valence-corrected chi connectivity index (χ1v) is 6.44. The molecule has 2 rings (SSSR count). The van der Waals surface area contributed by atoms with E-state index in [0.717, 1.165) is 19.4 Å². The van der Waals surface area contributed by atoms with Gasteiger partial charge in [-0.15, -0.1) is 0 Å². The molecule has 0 aromatic heterocycles. The highest BCUT2D eigenvalue weighted by Gasteiger charge is 2.35. The average Bonchev–Trinajstić information content (AvgIpc) is 2.78. The van der Waals surface area contributed by atoms with Crippen molar-refractivity contribution in [1.82, 2.24) is 10.2 Å². The van der Waals surface area contributed by atoms with Gasteiger partial charge >= 0.3 is 0 Å². The topological polar surface area (TPSA) is 58.4 Å².